The number of hydrogen-bond donors (Lipinski definition) is 1. The third kappa shape index (κ3) is 4.52. The molecule has 1 saturated heterocycles. The molecule has 22 heavy (non-hydrogen) atoms. The van der Waals surface area contributed by atoms with Crippen molar-refractivity contribution in [1.82, 2.24) is 14.5 Å². The molecular formula is C16H27N3O2S. The summed E-state index contributed by atoms with van der Waals surface area (Å²) in [5, 5.41) is 0. The van der Waals surface area contributed by atoms with Crippen molar-refractivity contribution in [2.75, 3.05) is 39.3 Å². The van der Waals surface area contributed by atoms with Crippen LogP contribution in [0.2, 0.25) is 0 Å². The fourth-order valence-corrected chi connectivity index (χ4v) is 3.80. The third-order valence-corrected chi connectivity index (χ3v) is 5.82. The zero-order valence-electron chi connectivity index (χ0n) is 13.7. The highest BCUT2D eigenvalue weighted by molar-refractivity contribution is 7.89. The maximum atomic E-state index is 12.3. The van der Waals surface area contributed by atoms with Gasteiger partial charge in [-0.3, -0.25) is 4.90 Å². The second kappa shape index (κ2) is 7.55. The van der Waals surface area contributed by atoms with Crippen LogP contribution in [-0.4, -0.2) is 63.5 Å². The molecule has 1 aromatic carbocycles. The van der Waals surface area contributed by atoms with Gasteiger partial charge in [0.1, 0.15) is 0 Å². The fourth-order valence-electron chi connectivity index (χ4n) is 2.68. The molecule has 0 spiro atoms. The van der Waals surface area contributed by atoms with E-state index in [1.165, 1.54) is 0 Å². The van der Waals surface area contributed by atoms with Gasteiger partial charge in [0.05, 0.1) is 4.90 Å². The standard InChI is InChI=1S/C16H27N3O2S/c1-4-18-9-11-19(12-10-18)15(3)13-17-22(20,21)16-7-5-14(2)6-8-16/h5-8,15,17H,4,9-13H2,1-3H3/t15-/m1/s1. The molecule has 1 aliphatic rings. The SMILES string of the molecule is CCN1CCN([C@H](C)CNS(=O)(=O)c2ccc(C)cc2)CC1. The first-order chi connectivity index (χ1) is 10.4. The van der Waals surface area contributed by atoms with Crippen molar-refractivity contribution < 1.29 is 8.42 Å². The number of rotatable bonds is 6. The summed E-state index contributed by atoms with van der Waals surface area (Å²) in [6.45, 7) is 11.9. The van der Waals surface area contributed by atoms with E-state index in [0.29, 0.717) is 11.4 Å². The highest BCUT2D eigenvalue weighted by Gasteiger charge is 2.22. The zero-order chi connectivity index (χ0) is 16.2. The predicted octanol–water partition coefficient (Wildman–Crippen LogP) is 1.30. The quantitative estimate of drug-likeness (QED) is 0.856. The lowest BCUT2D eigenvalue weighted by molar-refractivity contribution is 0.107. The molecule has 1 fully saturated rings. The van der Waals surface area contributed by atoms with E-state index in [1.54, 1.807) is 12.1 Å². The van der Waals surface area contributed by atoms with E-state index in [-0.39, 0.29) is 6.04 Å². The largest absolute Gasteiger partial charge is 0.301 e. The van der Waals surface area contributed by atoms with Gasteiger partial charge in [-0.15, -0.1) is 0 Å². The molecule has 1 heterocycles. The molecule has 1 aliphatic heterocycles. The van der Waals surface area contributed by atoms with Crippen molar-refractivity contribution >= 4 is 10.0 Å². The van der Waals surface area contributed by atoms with Gasteiger partial charge in [-0.1, -0.05) is 24.6 Å². The van der Waals surface area contributed by atoms with Gasteiger partial charge in [0.15, 0.2) is 0 Å². The molecule has 6 heteroatoms. The molecule has 0 bridgehead atoms. The minimum absolute atomic E-state index is 0.208. The number of benzene rings is 1. The van der Waals surface area contributed by atoms with E-state index in [4.69, 9.17) is 0 Å². The summed E-state index contributed by atoms with van der Waals surface area (Å²) in [6, 6.07) is 7.16. The fraction of sp³-hybridized carbons (Fsp3) is 0.625. The Labute approximate surface area is 134 Å². The van der Waals surface area contributed by atoms with Gasteiger partial charge in [0.25, 0.3) is 0 Å². The number of piperazine rings is 1. The minimum atomic E-state index is -3.41. The van der Waals surface area contributed by atoms with Gasteiger partial charge in [-0.05, 0) is 32.5 Å². The van der Waals surface area contributed by atoms with Crippen LogP contribution in [0.5, 0.6) is 0 Å². The van der Waals surface area contributed by atoms with Crippen molar-refractivity contribution in [3.63, 3.8) is 0 Å². The molecule has 0 saturated carbocycles. The zero-order valence-corrected chi connectivity index (χ0v) is 14.6. The first-order valence-corrected chi connectivity index (χ1v) is 9.43. The van der Waals surface area contributed by atoms with Crippen LogP contribution < -0.4 is 4.72 Å². The molecule has 1 atom stereocenters. The van der Waals surface area contributed by atoms with E-state index in [9.17, 15) is 8.42 Å². The molecule has 0 amide bonds. The van der Waals surface area contributed by atoms with E-state index in [1.807, 2.05) is 19.1 Å². The molecule has 2 rings (SSSR count). The number of nitrogens with zero attached hydrogens (tertiary/aromatic N) is 2. The molecule has 0 aliphatic carbocycles. The van der Waals surface area contributed by atoms with E-state index in [2.05, 4.69) is 28.4 Å². The van der Waals surface area contributed by atoms with Crippen molar-refractivity contribution in [3.05, 3.63) is 29.8 Å². The predicted molar refractivity (Wildman–Crippen MR) is 89.5 cm³/mol. The average molecular weight is 325 g/mol. The summed E-state index contributed by atoms with van der Waals surface area (Å²) in [5.74, 6) is 0. The van der Waals surface area contributed by atoms with Crippen LogP contribution in [0, 0.1) is 6.92 Å². The number of aryl methyl sites for hydroxylation is 1. The lowest BCUT2D eigenvalue weighted by atomic mass is 10.2. The Kier molecular flexibility index (Phi) is 5.97. The van der Waals surface area contributed by atoms with Crippen LogP contribution in [0.25, 0.3) is 0 Å². The normalized spacial score (nSPS) is 19.2. The third-order valence-electron chi connectivity index (χ3n) is 4.38. The van der Waals surface area contributed by atoms with Crippen molar-refractivity contribution in [3.8, 4) is 0 Å². The maximum absolute atomic E-state index is 12.3. The van der Waals surface area contributed by atoms with Gasteiger partial charge >= 0.3 is 0 Å². The number of sulfonamides is 1. The Morgan fingerprint density at radius 3 is 2.27 bits per heavy atom. The van der Waals surface area contributed by atoms with Gasteiger partial charge < -0.3 is 4.90 Å². The van der Waals surface area contributed by atoms with Crippen molar-refractivity contribution in [1.29, 1.82) is 0 Å². The lowest BCUT2D eigenvalue weighted by Crippen LogP contribution is -2.52. The summed E-state index contributed by atoms with van der Waals surface area (Å²) >= 11 is 0. The van der Waals surface area contributed by atoms with Gasteiger partial charge in [-0.25, -0.2) is 13.1 Å². The van der Waals surface area contributed by atoms with Gasteiger partial charge in [0.2, 0.25) is 10.0 Å². The Balaban J connectivity index is 1.87. The Morgan fingerprint density at radius 1 is 1.14 bits per heavy atom. The van der Waals surface area contributed by atoms with E-state index < -0.39 is 10.0 Å². The van der Waals surface area contributed by atoms with Crippen LogP contribution in [0.3, 0.4) is 0 Å². The molecular weight excluding hydrogens is 298 g/mol. The van der Waals surface area contributed by atoms with E-state index >= 15 is 0 Å². The van der Waals surface area contributed by atoms with Gasteiger partial charge in [-0.2, -0.15) is 0 Å². The summed E-state index contributed by atoms with van der Waals surface area (Å²) in [5.41, 5.74) is 1.06. The summed E-state index contributed by atoms with van der Waals surface area (Å²) in [4.78, 5) is 5.10. The maximum Gasteiger partial charge on any atom is 0.240 e. The molecule has 0 unspecified atom stereocenters. The number of nitrogens with one attached hydrogen (secondary N) is 1. The molecule has 124 valence electrons. The topological polar surface area (TPSA) is 52.6 Å². The van der Waals surface area contributed by atoms with Gasteiger partial charge in [0, 0.05) is 38.8 Å². The molecule has 1 N–H and O–H groups in total. The smallest absolute Gasteiger partial charge is 0.240 e. The Bertz CT molecular complexity index is 564. The molecule has 1 aromatic rings. The van der Waals surface area contributed by atoms with Crippen molar-refractivity contribution in [2.45, 2.75) is 31.7 Å². The van der Waals surface area contributed by atoms with Crippen LogP contribution in [-0.2, 0) is 10.0 Å². The first kappa shape index (κ1) is 17.4. The van der Waals surface area contributed by atoms with Crippen LogP contribution in [0.4, 0.5) is 0 Å². The summed E-state index contributed by atoms with van der Waals surface area (Å²) < 4.78 is 27.3. The van der Waals surface area contributed by atoms with Crippen LogP contribution in [0.1, 0.15) is 19.4 Å². The lowest BCUT2D eigenvalue weighted by Gasteiger charge is -2.37. The van der Waals surface area contributed by atoms with Crippen LogP contribution >= 0.6 is 0 Å². The summed E-state index contributed by atoms with van der Waals surface area (Å²) in [7, 11) is -3.41. The highest BCUT2D eigenvalue weighted by atomic mass is 32.2. The average Bonchev–Trinajstić information content (AvgIpc) is 2.53. The molecule has 0 radical (unpaired) electrons. The van der Waals surface area contributed by atoms with Crippen LogP contribution in [0.15, 0.2) is 29.2 Å². The first-order valence-electron chi connectivity index (χ1n) is 7.95. The van der Waals surface area contributed by atoms with Crippen molar-refractivity contribution in [2.24, 2.45) is 0 Å². The second-order valence-electron chi connectivity index (χ2n) is 5.98. The monoisotopic (exact) mass is 325 g/mol. The van der Waals surface area contributed by atoms with E-state index in [0.717, 1.165) is 38.3 Å². The number of hydrogen-bond acceptors (Lipinski definition) is 4. The molecule has 0 aromatic heterocycles. The summed E-state index contributed by atoms with van der Waals surface area (Å²) in [6.07, 6.45) is 0. The Hall–Kier alpha value is -0.950. The second-order valence-corrected chi connectivity index (χ2v) is 7.75. The minimum Gasteiger partial charge on any atom is -0.301 e. The number of likely N-dealkylation sites (N-methyl/N-ethyl adjacent to an activating group) is 1. The Morgan fingerprint density at radius 2 is 1.73 bits per heavy atom. The highest BCUT2D eigenvalue weighted by Crippen LogP contribution is 2.11. The molecule has 5 nitrogen and oxygen atoms in total.